The lowest BCUT2D eigenvalue weighted by Crippen LogP contribution is -2.49. The van der Waals surface area contributed by atoms with Crippen molar-refractivity contribution in [3.05, 3.63) is 40.3 Å². The maximum absolute atomic E-state index is 13.8. The van der Waals surface area contributed by atoms with Crippen LogP contribution in [0, 0.1) is 0 Å². The number of carbonyl (C=O) groups is 3. The van der Waals surface area contributed by atoms with E-state index in [9.17, 15) is 32.7 Å². The van der Waals surface area contributed by atoms with Crippen molar-refractivity contribution in [1.29, 1.82) is 0 Å². The lowest BCUT2D eigenvalue weighted by Gasteiger charge is -2.33. The van der Waals surface area contributed by atoms with E-state index < -0.39 is 46.4 Å². The average molecular weight is 706 g/mol. The highest BCUT2D eigenvalue weighted by molar-refractivity contribution is 7.89. The number of carbonyl (C=O) groups excluding carboxylic acids is 1. The van der Waals surface area contributed by atoms with Crippen molar-refractivity contribution in [2.75, 3.05) is 45.9 Å². The molecule has 3 aromatic rings. The highest BCUT2D eigenvalue weighted by atomic mass is 32.2. The van der Waals surface area contributed by atoms with Gasteiger partial charge in [-0.25, -0.2) is 18.2 Å². The number of aliphatic hydroxyl groups is 1. The molecule has 2 aromatic heterocycles. The van der Waals surface area contributed by atoms with Crippen molar-refractivity contribution in [3.8, 4) is 17.1 Å². The minimum absolute atomic E-state index is 0.00339. The zero-order valence-electron chi connectivity index (χ0n) is 27.8. The first-order valence-corrected chi connectivity index (χ1v) is 17.6. The van der Waals surface area contributed by atoms with Gasteiger partial charge in [0.15, 0.2) is 5.60 Å². The molecule has 4 rings (SSSR count). The SMILES string of the molecule is CCCOc1ccc(S(=O)(=O)N2CCN(CCOC(=O)CC(O)(CC(=O)O)C(=O)O)CC2)cc1-c1nc2c(CCC)cn(CC)c2c(=O)[nH]1. The van der Waals surface area contributed by atoms with Gasteiger partial charge in [0.05, 0.1) is 35.4 Å². The number of esters is 1. The highest BCUT2D eigenvalue weighted by Crippen LogP contribution is 2.33. The molecular formula is C32H43N5O11S. The van der Waals surface area contributed by atoms with E-state index in [1.54, 1.807) is 6.07 Å². The summed E-state index contributed by atoms with van der Waals surface area (Å²) in [6.07, 6.45) is 2.02. The van der Waals surface area contributed by atoms with Crippen LogP contribution in [0.2, 0.25) is 0 Å². The molecule has 4 N–H and O–H groups in total. The molecule has 49 heavy (non-hydrogen) atoms. The van der Waals surface area contributed by atoms with Crippen molar-refractivity contribution in [2.24, 2.45) is 0 Å². The number of sulfonamides is 1. The van der Waals surface area contributed by atoms with Gasteiger partial charge in [-0.2, -0.15) is 4.31 Å². The molecule has 0 bridgehead atoms. The van der Waals surface area contributed by atoms with Crippen LogP contribution >= 0.6 is 0 Å². The highest BCUT2D eigenvalue weighted by Gasteiger charge is 2.41. The zero-order chi connectivity index (χ0) is 35.9. The lowest BCUT2D eigenvalue weighted by molar-refractivity contribution is -0.172. The topological polar surface area (TPSA) is 222 Å². The number of aryl methyl sites for hydroxylation is 2. The predicted octanol–water partition coefficient (Wildman–Crippen LogP) is 1.68. The predicted molar refractivity (Wildman–Crippen MR) is 177 cm³/mol. The summed E-state index contributed by atoms with van der Waals surface area (Å²) in [5.41, 5.74) is -0.823. The summed E-state index contributed by atoms with van der Waals surface area (Å²) < 4.78 is 41.8. The van der Waals surface area contributed by atoms with Gasteiger partial charge in [0.1, 0.15) is 23.7 Å². The van der Waals surface area contributed by atoms with Crippen molar-refractivity contribution in [3.63, 3.8) is 0 Å². The Morgan fingerprint density at radius 1 is 1.02 bits per heavy atom. The second kappa shape index (κ2) is 15.9. The molecule has 16 nitrogen and oxygen atoms in total. The Morgan fingerprint density at radius 3 is 2.35 bits per heavy atom. The average Bonchev–Trinajstić information content (AvgIpc) is 3.41. The summed E-state index contributed by atoms with van der Waals surface area (Å²) in [6, 6.07) is 4.50. The van der Waals surface area contributed by atoms with Gasteiger partial charge in [-0.3, -0.25) is 19.3 Å². The number of hydrogen-bond acceptors (Lipinski definition) is 11. The number of rotatable bonds is 17. The van der Waals surface area contributed by atoms with Crippen molar-refractivity contribution in [2.45, 2.75) is 69.9 Å². The fourth-order valence-electron chi connectivity index (χ4n) is 5.68. The monoisotopic (exact) mass is 705 g/mol. The van der Waals surface area contributed by atoms with Gasteiger partial charge in [0.25, 0.3) is 5.56 Å². The normalized spacial score (nSPS) is 15.6. The van der Waals surface area contributed by atoms with Gasteiger partial charge in [-0.15, -0.1) is 0 Å². The Bertz CT molecular complexity index is 1850. The Morgan fingerprint density at radius 2 is 1.73 bits per heavy atom. The van der Waals surface area contributed by atoms with E-state index in [-0.39, 0.29) is 42.5 Å². The van der Waals surface area contributed by atoms with Gasteiger partial charge in [-0.1, -0.05) is 20.3 Å². The van der Waals surface area contributed by atoms with Crippen molar-refractivity contribution in [1.82, 2.24) is 23.7 Å². The number of ether oxygens (including phenoxy) is 2. The maximum atomic E-state index is 13.8. The van der Waals surface area contributed by atoms with Gasteiger partial charge < -0.3 is 34.3 Å². The van der Waals surface area contributed by atoms with Crippen LogP contribution in [-0.2, 0) is 42.1 Å². The molecule has 1 aromatic carbocycles. The molecule has 17 heteroatoms. The first kappa shape index (κ1) is 37.5. The largest absolute Gasteiger partial charge is 0.493 e. The minimum Gasteiger partial charge on any atom is -0.493 e. The number of fused-ring (bicyclic) bond motifs is 1. The number of piperazine rings is 1. The zero-order valence-corrected chi connectivity index (χ0v) is 28.6. The number of carboxylic acids is 2. The van der Waals surface area contributed by atoms with E-state index in [1.165, 1.54) is 16.4 Å². The molecule has 1 saturated heterocycles. The van der Waals surface area contributed by atoms with Gasteiger partial charge in [-0.05, 0) is 43.5 Å². The second-order valence-corrected chi connectivity index (χ2v) is 13.8. The molecular weight excluding hydrogens is 662 g/mol. The Kier molecular flexibility index (Phi) is 12.2. The lowest BCUT2D eigenvalue weighted by atomic mass is 9.96. The molecule has 0 spiro atoms. The Hall–Kier alpha value is -4.32. The number of aliphatic carboxylic acids is 2. The third kappa shape index (κ3) is 8.65. The van der Waals surface area contributed by atoms with Crippen LogP contribution in [0.4, 0.5) is 0 Å². The molecule has 268 valence electrons. The quantitative estimate of drug-likeness (QED) is 0.147. The first-order valence-electron chi connectivity index (χ1n) is 16.2. The molecule has 1 fully saturated rings. The van der Waals surface area contributed by atoms with Gasteiger partial charge in [0.2, 0.25) is 10.0 Å². The smallest absolute Gasteiger partial charge is 0.336 e. The molecule has 0 aliphatic carbocycles. The van der Waals surface area contributed by atoms with E-state index >= 15 is 0 Å². The first-order chi connectivity index (χ1) is 23.2. The molecule has 1 aliphatic rings. The van der Waals surface area contributed by atoms with E-state index in [0.717, 1.165) is 18.4 Å². The number of nitrogens with one attached hydrogen (secondary N) is 1. The Balaban J connectivity index is 1.48. The second-order valence-electron chi connectivity index (χ2n) is 11.9. The van der Waals surface area contributed by atoms with E-state index in [1.807, 2.05) is 36.4 Å². The maximum Gasteiger partial charge on any atom is 0.336 e. The number of benzene rings is 1. The van der Waals surface area contributed by atoms with Gasteiger partial charge in [0, 0.05) is 45.5 Å². The Labute approximate surface area is 283 Å². The molecule has 1 aliphatic heterocycles. The summed E-state index contributed by atoms with van der Waals surface area (Å²) in [4.78, 5) is 57.1. The number of H-pyrrole nitrogens is 1. The van der Waals surface area contributed by atoms with E-state index in [0.29, 0.717) is 55.0 Å². The molecule has 0 radical (unpaired) electrons. The van der Waals surface area contributed by atoms with E-state index in [2.05, 4.69) is 4.98 Å². The molecule has 3 heterocycles. The molecule has 0 amide bonds. The van der Waals surface area contributed by atoms with Crippen LogP contribution in [0.1, 0.15) is 52.0 Å². The summed E-state index contributed by atoms with van der Waals surface area (Å²) in [5.74, 6) is -3.92. The minimum atomic E-state index is -3.98. The van der Waals surface area contributed by atoms with E-state index in [4.69, 9.17) is 24.7 Å². The number of aromatic nitrogens is 3. The third-order valence-electron chi connectivity index (χ3n) is 8.24. The molecule has 0 saturated carbocycles. The van der Waals surface area contributed by atoms with Crippen LogP contribution in [0.3, 0.4) is 0 Å². The van der Waals surface area contributed by atoms with Gasteiger partial charge >= 0.3 is 17.9 Å². The summed E-state index contributed by atoms with van der Waals surface area (Å²) in [5, 5.41) is 28.0. The summed E-state index contributed by atoms with van der Waals surface area (Å²) in [6.45, 7) is 7.80. The van der Waals surface area contributed by atoms with Crippen molar-refractivity contribution < 1.29 is 47.6 Å². The number of hydrogen-bond donors (Lipinski definition) is 4. The summed E-state index contributed by atoms with van der Waals surface area (Å²) >= 11 is 0. The molecule has 1 atom stereocenters. The van der Waals surface area contributed by atoms with Crippen LogP contribution in [0.15, 0.2) is 34.1 Å². The van der Waals surface area contributed by atoms with Crippen molar-refractivity contribution >= 4 is 39.0 Å². The van der Waals surface area contributed by atoms with Crippen LogP contribution in [0.5, 0.6) is 5.75 Å². The fraction of sp³-hybridized carbons (Fsp3) is 0.531. The van der Waals surface area contributed by atoms with Crippen LogP contribution in [-0.4, -0.2) is 117 Å². The van der Waals surface area contributed by atoms with Crippen LogP contribution in [0.25, 0.3) is 22.4 Å². The number of carboxylic acid groups (broad SMARTS) is 2. The number of aromatic amines is 1. The summed E-state index contributed by atoms with van der Waals surface area (Å²) in [7, 11) is -3.98. The number of nitrogens with zero attached hydrogens (tertiary/aromatic N) is 4. The third-order valence-corrected chi connectivity index (χ3v) is 10.1. The molecule has 1 unspecified atom stereocenters. The fourth-order valence-corrected chi connectivity index (χ4v) is 7.13. The van der Waals surface area contributed by atoms with Crippen LogP contribution < -0.4 is 10.3 Å². The standard InChI is InChI=1S/C32H43N5O11S/c1-4-7-21-20-36(6-3)28-27(21)33-29(34-30(28)41)23-17-22(8-9-24(23)47-15-5-2)49(45,46)37-12-10-35(11-13-37)14-16-48-26(40)19-32(44,31(42)43)18-25(38)39/h8-9,17,20,44H,4-7,10-16,18-19H2,1-3H3,(H,38,39)(H,42,43)(H,33,34,41).